The molecule has 0 radical (unpaired) electrons. The molecule has 2 aromatic rings. The largest absolute Gasteiger partial charge is 0.414 e. The van der Waals surface area contributed by atoms with Crippen molar-refractivity contribution in [2.24, 2.45) is 10.8 Å². The van der Waals surface area contributed by atoms with Crippen LogP contribution >= 0.6 is 0 Å². The first-order valence-corrected chi connectivity index (χ1v) is 28.2. The zero-order chi connectivity index (χ0) is 46.5. The third kappa shape index (κ3) is 9.42. The fraction of sp³-hybridized carbons (Fsp3) is 0.744. The highest BCUT2D eigenvalue weighted by molar-refractivity contribution is 7.90. The summed E-state index contributed by atoms with van der Waals surface area (Å²) in [6.07, 6.45) is -1.43. The summed E-state index contributed by atoms with van der Waals surface area (Å²) in [6, 6.07) is -0.695. The second-order valence-electron chi connectivity index (χ2n) is 19.6. The first-order chi connectivity index (χ1) is 28.5. The fourth-order valence-electron chi connectivity index (χ4n) is 7.47. The standard InChI is InChI=1S/C39H64N8O12SSi2/c1-24-19-46(30-18-26(42-43-41)27(21-48)56-30)35(51)44(32(24)49)16-14-13-15-17-45-33(50)25(2)20-47(36(45)52)34-31(58-62(11,12)38(6,7)8)39(28(40)23-60(53,54)59-39)29(57-34)22-55-61(9,10)37(3,4)5/h19-20,23,26-27,29-31,34,48H,13-18,21-22,40H2,1-12H3/t26-,27+,29+,30?,31-,34?,39?/m0/s1. The van der Waals surface area contributed by atoms with Crippen LogP contribution in [0.25, 0.3) is 10.4 Å². The molecule has 20 nitrogen and oxygen atoms in total. The van der Waals surface area contributed by atoms with E-state index in [1.807, 2.05) is 47.0 Å². The predicted octanol–water partition coefficient (Wildman–Crippen LogP) is 3.99. The number of nitrogens with zero attached hydrogens (tertiary/aromatic N) is 7. The number of hydrogen-bond donors (Lipinski definition) is 2. The maximum atomic E-state index is 14.5. The van der Waals surface area contributed by atoms with Gasteiger partial charge < -0.3 is 29.2 Å². The molecule has 5 rings (SSSR count). The van der Waals surface area contributed by atoms with Crippen LogP contribution in [-0.2, 0) is 45.7 Å². The van der Waals surface area contributed by atoms with Crippen molar-refractivity contribution in [2.75, 3.05) is 13.2 Å². The van der Waals surface area contributed by atoms with Crippen LogP contribution in [0.2, 0.25) is 36.3 Å². The lowest BCUT2D eigenvalue weighted by molar-refractivity contribution is -0.0567. The van der Waals surface area contributed by atoms with Gasteiger partial charge in [-0.3, -0.25) is 27.9 Å². The Morgan fingerprint density at radius 1 is 0.903 bits per heavy atom. The molecule has 0 bridgehead atoms. The van der Waals surface area contributed by atoms with E-state index in [4.69, 9.17) is 33.8 Å². The monoisotopic (exact) mass is 924 g/mol. The lowest BCUT2D eigenvalue weighted by atomic mass is 9.89. The third-order valence-corrected chi connectivity index (χ3v) is 23.2. The van der Waals surface area contributed by atoms with Crippen LogP contribution in [0, 0.1) is 13.8 Å². The first kappa shape index (κ1) is 49.4. The number of aromatic nitrogens is 4. The van der Waals surface area contributed by atoms with Crippen LogP contribution < -0.4 is 28.2 Å². The van der Waals surface area contributed by atoms with Gasteiger partial charge in [-0.05, 0) is 74.9 Å². The smallest absolute Gasteiger partial charge is 0.333 e. The molecule has 2 aromatic heterocycles. The highest BCUT2D eigenvalue weighted by atomic mass is 32.2. The molecule has 346 valence electrons. The lowest BCUT2D eigenvalue weighted by Crippen LogP contribution is -2.59. The van der Waals surface area contributed by atoms with Crippen LogP contribution in [0.15, 0.2) is 47.8 Å². The van der Waals surface area contributed by atoms with Gasteiger partial charge in [0.25, 0.3) is 21.2 Å². The fourth-order valence-corrected chi connectivity index (χ4v) is 11.0. The summed E-state index contributed by atoms with van der Waals surface area (Å²) in [7, 11) is -9.60. The summed E-state index contributed by atoms with van der Waals surface area (Å²) in [6.45, 7) is 22.9. The van der Waals surface area contributed by atoms with Crippen LogP contribution in [0.3, 0.4) is 0 Å². The predicted molar refractivity (Wildman–Crippen MR) is 236 cm³/mol. The number of aryl methyl sites for hydroxylation is 2. The van der Waals surface area contributed by atoms with E-state index >= 15 is 0 Å². The summed E-state index contributed by atoms with van der Waals surface area (Å²) in [5.41, 5.74) is 11.6. The van der Waals surface area contributed by atoms with Crippen LogP contribution in [-0.4, -0.2) is 91.6 Å². The van der Waals surface area contributed by atoms with Crippen molar-refractivity contribution in [2.45, 2.75) is 173 Å². The van der Waals surface area contributed by atoms with Crippen molar-refractivity contribution < 1.29 is 36.0 Å². The molecule has 0 amide bonds. The number of hydrogen-bond acceptors (Lipinski definition) is 14. The second-order valence-corrected chi connectivity index (χ2v) is 30.6. The van der Waals surface area contributed by atoms with E-state index in [0.717, 1.165) is 14.5 Å². The molecule has 3 aliphatic heterocycles. The van der Waals surface area contributed by atoms with E-state index in [0.29, 0.717) is 19.3 Å². The number of aliphatic hydroxyl groups is 1. The molecule has 2 fully saturated rings. The average molecular weight is 925 g/mol. The molecule has 7 atom stereocenters. The normalized spacial score (nSPS) is 26.6. The minimum Gasteiger partial charge on any atom is -0.414 e. The van der Waals surface area contributed by atoms with Crippen LogP contribution in [0.5, 0.6) is 0 Å². The van der Waals surface area contributed by atoms with Gasteiger partial charge in [0.15, 0.2) is 28.5 Å². The summed E-state index contributed by atoms with van der Waals surface area (Å²) < 4.78 is 63.2. The van der Waals surface area contributed by atoms with Crippen LogP contribution in [0.4, 0.5) is 0 Å². The molecule has 2 saturated heterocycles. The number of ether oxygens (including phenoxy) is 2. The van der Waals surface area contributed by atoms with Gasteiger partial charge in [0, 0.05) is 47.9 Å². The Kier molecular flexibility index (Phi) is 14.1. The van der Waals surface area contributed by atoms with Crippen molar-refractivity contribution in [1.82, 2.24) is 18.3 Å². The highest BCUT2D eigenvalue weighted by Crippen LogP contribution is 2.52. The number of azide groups is 1. The Hall–Kier alpha value is -3.65. The SMILES string of the molecule is Cc1cn(C2C[C@H](N=[N+]=[N-])[C@@H](CO)O2)c(=O)n(CCCCCn2c(=O)c(C)cn(C3O[C@H](CO[Si](C)(C)C(C)(C)C)C4(OS(=O)(=O)C=C4N)[C@H]3O[Si](C)(C)C(C)(C)C)c2=O)c1=O. The average Bonchev–Trinajstić information content (AvgIpc) is 3.78. The van der Waals surface area contributed by atoms with E-state index in [9.17, 15) is 32.7 Å². The van der Waals surface area contributed by atoms with Crippen molar-refractivity contribution in [3.63, 3.8) is 0 Å². The van der Waals surface area contributed by atoms with Gasteiger partial charge in [-0.25, -0.2) is 13.8 Å². The number of rotatable bonds is 15. The Labute approximate surface area is 363 Å². The third-order valence-electron chi connectivity index (χ3n) is 13.2. The van der Waals surface area contributed by atoms with Gasteiger partial charge in [-0.2, -0.15) is 8.42 Å². The number of nitrogens with two attached hydrogens (primary N) is 1. The molecule has 0 saturated carbocycles. The first-order valence-electron chi connectivity index (χ1n) is 20.9. The van der Waals surface area contributed by atoms with E-state index < -0.39 is 98.3 Å². The Balaban J connectivity index is 1.45. The quantitative estimate of drug-likeness (QED) is 0.0640. The minimum absolute atomic E-state index is 0.0258. The molecular formula is C39H64N8O12SSi2. The zero-order valence-corrected chi connectivity index (χ0v) is 40.7. The molecule has 23 heteroatoms. The topological polar surface area (TPSA) is 263 Å². The molecule has 3 N–H and O–H groups in total. The summed E-state index contributed by atoms with van der Waals surface area (Å²) >= 11 is 0. The van der Waals surface area contributed by atoms with Crippen LogP contribution in [0.1, 0.15) is 90.8 Å². The number of unbranched alkanes of at least 4 members (excludes halogenated alkanes) is 2. The van der Waals surface area contributed by atoms with E-state index in [2.05, 4.69) is 30.8 Å². The molecule has 1 spiro atoms. The minimum atomic E-state index is -4.32. The van der Waals surface area contributed by atoms with E-state index in [-0.39, 0.29) is 53.0 Å². The Bertz CT molecular complexity index is 2460. The summed E-state index contributed by atoms with van der Waals surface area (Å²) in [5.74, 6) is 0. The Morgan fingerprint density at radius 3 is 1.92 bits per heavy atom. The van der Waals surface area contributed by atoms with E-state index in [1.165, 1.54) is 21.5 Å². The maximum absolute atomic E-state index is 14.5. The lowest BCUT2D eigenvalue weighted by Gasteiger charge is -2.43. The van der Waals surface area contributed by atoms with Gasteiger partial charge in [0.1, 0.15) is 18.4 Å². The molecule has 3 aliphatic rings. The van der Waals surface area contributed by atoms with E-state index in [1.54, 1.807) is 13.8 Å². The van der Waals surface area contributed by atoms with Crippen molar-refractivity contribution >= 4 is 26.8 Å². The molecule has 0 aliphatic carbocycles. The number of aliphatic hydroxyl groups excluding tert-OH is 1. The van der Waals surface area contributed by atoms with Gasteiger partial charge >= 0.3 is 11.4 Å². The van der Waals surface area contributed by atoms with Gasteiger partial charge in [0.2, 0.25) is 0 Å². The van der Waals surface area contributed by atoms with Gasteiger partial charge in [-0.1, -0.05) is 46.7 Å². The summed E-state index contributed by atoms with van der Waals surface area (Å²) in [4.78, 5) is 57.6. The van der Waals surface area contributed by atoms with Crippen molar-refractivity contribution in [1.29, 1.82) is 0 Å². The van der Waals surface area contributed by atoms with Gasteiger partial charge in [-0.15, -0.1) is 0 Å². The molecular weight excluding hydrogens is 861 g/mol. The molecule has 5 heterocycles. The summed E-state index contributed by atoms with van der Waals surface area (Å²) in [5, 5.41) is 13.6. The molecule has 3 unspecified atom stereocenters. The molecule has 62 heavy (non-hydrogen) atoms. The Morgan fingerprint density at radius 2 is 1.44 bits per heavy atom. The van der Waals surface area contributed by atoms with Gasteiger partial charge in [0.05, 0.1) is 36.5 Å². The maximum Gasteiger partial charge on any atom is 0.333 e. The van der Waals surface area contributed by atoms with Crippen molar-refractivity contribution in [3.8, 4) is 0 Å². The second kappa shape index (κ2) is 17.7. The highest BCUT2D eigenvalue weighted by Gasteiger charge is 2.67. The van der Waals surface area contributed by atoms with Crippen molar-refractivity contribution in [3.05, 3.63) is 86.7 Å². The zero-order valence-electron chi connectivity index (χ0n) is 37.9. The molecule has 0 aromatic carbocycles.